The van der Waals surface area contributed by atoms with Crippen LogP contribution in [0.3, 0.4) is 0 Å². The van der Waals surface area contributed by atoms with Crippen molar-refractivity contribution in [2.45, 2.75) is 55.9 Å². The number of hydrogen-bond acceptors (Lipinski definition) is 5. The number of carbonyl (C=O) groups excluding carboxylic acids is 3. The standard InChI is InChI=1S/C24H25N3O5S/c28-22-11-12-23(29)27(22)19-7-5-16(6-8-19)24(30)26-14-13-17-15-20(9-10-21(17)26)33(31,32)25-18-3-1-2-4-18/h5-10,15,18,25H,1-4,11-14H2. The van der Waals surface area contributed by atoms with Crippen LogP contribution in [0, 0.1) is 0 Å². The second kappa shape index (κ2) is 8.39. The molecule has 172 valence electrons. The highest BCUT2D eigenvalue weighted by Gasteiger charge is 2.31. The van der Waals surface area contributed by atoms with Gasteiger partial charge in [-0.3, -0.25) is 19.3 Å². The normalized spacial score (nSPS) is 18.9. The van der Waals surface area contributed by atoms with E-state index in [2.05, 4.69) is 4.72 Å². The van der Waals surface area contributed by atoms with Crippen LogP contribution in [0.5, 0.6) is 0 Å². The maximum atomic E-state index is 13.1. The lowest BCUT2D eigenvalue weighted by Crippen LogP contribution is -2.32. The van der Waals surface area contributed by atoms with E-state index in [9.17, 15) is 22.8 Å². The molecule has 0 aromatic heterocycles. The Hall–Kier alpha value is -3.04. The average Bonchev–Trinajstić information content (AvgIpc) is 3.53. The van der Waals surface area contributed by atoms with Gasteiger partial charge in [-0.25, -0.2) is 13.1 Å². The van der Waals surface area contributed by atoms with E-state index in [1.807, 2.05) is 0 Å². The Morgan fingerprint density at radius 3 is 2.24 bits per heavy atom. The van der Waals surface area contributed by atoms with Crippen molar-refractivity contribution >= 4 is 39.1 Å². The molecule has 2 aromatic carbocycles. The van der Waals surface area contributed by atoms with Crippen LogP contribution in [0.1, 0.15) is 54.4 Å². The lowest BCUT2D eigenvalue weighted by atomic mass is 10.1. The van der Waals surface area contributed by atoms with Gasteiger partial charge in [-0.15, -0.1) is 0 Å². The molecule has 2 aromatic rings. The van der Waals surface area contributed by atoms with Crippen LogP contribution in [0.4, 0.5) is 11.4 Å². The minimum absolute atomic E-state index is 0.00421. The van der Waals surface area contributed by atoms with Gasteiger partial charge >= 0.3 is 0 Å². The van der Waals surface area contributed by atoms with Crippen molar-refractivity contribution in [3.8, 4) is 0 Å². The molecule has 1 aliphatic carbocycles. The van der Waals surface area contributed by atoms with Crippen LogP contribution in [0.2, 0.25) is 0 Å². The van der Waals surface area contributed by atoms with E-state index in [1.54, 1.807) is 47.4 Å². The molecule has 8 nitrogen and oxygen atoms in total. The molecule has 2 fully saturated rings. The van der Waals surface area contributed by atoms with Crippen molar-refractivity contribution in [3.05, 3.63) is 53.6 Å². The van der Waals surface area contributed by atoms with Gasteiger partial charge < -0.3 is 4.90 Å². The fraction of sp³-hybridized carbons (Fsp3) is 0.375. The summed E-state index contributed by atoms with van der Waals surface area (Å²) < 4.78 is 28.3. The average molecular weight is 468 g/mol. The van der Waals surface area contributed by atoms with E-state index in [-0.39, 0.29) is 41.5 Å². The predicted molar refractivity (Wildman–Crippen MR) is 123 cm³/mol. The summed E-state index contributed by atoms with van der Waals surface area (Å²) in [7, 11) is -3.59. The van der Waals surface area contributed by atoms with Gasteiger partial charge in [0.15, 0.2) is 0 Å². The lowest BCUT2D eigenvalue weighted by Gasteiger charge is -2.19. The highest BCUT2D eigenvalue weighted by molar-refractivity contribution is 7.89. The Bertz CT molecular complexity index is 1220. The minimum atomic E-state index is -3.59. The zero-order valence-electron chi connectivity index (χ0n) is 18.1. The molecular weight excluding hydrogens is 442 g/mol. The van der Waals surface area contributed by atoms with Crippen LogP contribution in [-0.2, 0) is 26.0 Å². The van der Waals surface area contributed by atoms with Gasteiger partial charge in [0.25, 0.3) is 5.91 Å². The third-order valence-electron chi connectivity index (χ3n) is 6.60. The minimum Gasteiger partial charge on any atom is -0.308 e. The number of hydrogen-bond donors (Lipinski definition) is 1. The maximum absolute atomic E-state index is 13.1. The fourth-order valence-corrected chi connectivity index (χ4v) is 6.22. The molecule has 5 rings (SSSR count). The topological polar surface area (TPSA) is 104 Å². The first-order valence-electron chi connectivity index (χ1n) is 11.3. The quantitative estimate of drug-likeness (QED) is 0.681. The summed E-state index contributed by atoms with van der Waals surface area (Å²) in [5.74, 6) is -0.680. The van der Waals surface area contributed by atoms with E-state index in [0.29, 0.717) is 29.9 Å². The van der Waals surface area contributed by atoms with Gasteiger partial charge in [0.05, 0.1) is 10.6 Å². The zero-order valence-corrected chi connectivity index (χ0v) is 18.9. The van der Waals surface area contributed by atoms with Crippen LogP contribution in [0.15, 0.2) is 47.4 Å². The van der Waals surface area contributed by atoms with Gasteiger partial charge in [-0.1, -0.05) is 12.8 Å². The number of nitrogens with zero attached hydrogens (tertiary/aromatic N) is 2. The van der Waals surface area contributed by atoms with E-state index >= 15 is 0 Å². The lowest BCUT2D eigenvalue weighted by molar-refractivity contribution is -0.121. The van der Waals surface area contributed by atoms with Gasteiger partial charge in [0.2, 0.25) is 21.8 Å². The van der Waals surface area contributed by atoms with Gasteiger partial charge in [0.1, 0.15) is 0 Å². The molecule has 0 radical (unpaired) electrons. The third-order valence-corrected chi connectivity index (χ3v) is 8.12. The largest absolute Gasteiger partial charge is 0.308 e. The fourth-order valence-electron chi connectivity index (χ4n) is 4.86. The van der Waals surface area contributed by atoms with Crippen molar-refractivity contribution in [2.75, 3.05) is 16.3 Å². The smallest absolute Gasteiger partial charge is 0.258 e. The molecule has 1 N–H and O–H groups in total. The third kappa shape index (κ3) is 4.06. The van der Waals surface area contributed by atoms with Crippen molar-refractivity contribution in [1.82, 2.24) is 4.72 Å². The van der Waals surface area contributed by atoms with E-state index in [4.69, 9.17) is 0 Å². The molecule has 1 saturated carbocycles. The summed E-state index contributed by atoms with van der Waals surface area (Å²) in [6, 6.07) is 11.3. The summed E-state index contributed by atoms with van der Waals surface area (Å²) in [5.41, 5.74) is 2.42. The summed E-state index contributed by atoms with van der Waals surface area (Å²) in [6.07, 6.45) is 4.80. The number of fused-ring (bicyclic) bond motifs is 1. The first-order valence-corrected chi connectivity index (χ1v) is 12.7. The Balaban J connectivity index is 1.33. The molecule has 0 unspecified atom stereocenters. The highest BCUT2D eigenvalue weighted by Crippen LogP contribution is 2.32. The summed E-state index contributed by atoms with van der Waals surface area (Å²) >= 11 is 0. The van der Waals surface area contributed by atoms with Gasteiger partial charge in [-0.2, -0.15) is 0 Å². The van der Waals surface area contributed by atoms with E-state index in [1.165, 1.54) is 0 Å². The maximum Gasteiger partial charge on any atom is 0.258 e. The number of nitrogens with one attached hydrogen (secondary N) is 1. The number of amides is 3. The molecule has 33 heavy (non-hydrogen) atoms. The number of sulfonamides is 1. The van der Waals surface area contributed by atoms with Crippen LogP contribution >= 0.6 is 0 Å². The highest BCUT2D eigenvalue weighted by atomic mass is 32.2. The monoisotopic (exact) mass is 467 g/mol. The van der Waals surface area contributed by atoms with Crippen molar-refractivity contribution < 1.29 is 22.8 Å². The first kappa shape index (κ1) is 21.8. The molecule has 0 atom stereocenters. The SMILES string of the molecule is O=C(c1ccc(N2C(=O)CCC2=O)cc1)N1CCc2cc(S(=O)(=O)NC3CCCC3)ccc21. The Labute approximate surface area is 192 Å². The number of anilines is 2. The van der Waals surface area contributed by atoms with Crippen LogP contribution in [0.25, 0.3) is 0 Å². The van der Waals surface area contributed by atoms with E-state index < -0.39 is 10.0 Å². The number of benzene rings is 2. The molecule has 2 aliphatic heterocycles. The Kier molecular flexibility index (Phi) is 5.54. The van der Waals surface area contributed by atoms with Crippen LogP contribution in [-0.4, -0.2) is 38.7 Å². The van der Waals surface area contributed by atoms with Gasteiger partial charge in [-0.05, 0) is 67.3 Å². The summed E-state index contributed by atoms with van der Waals surface area (Å²) in [6.45, 7) is 0.457. The van der Waals surface area contributed by atoms with Gasteiger partial charge in [0, 0.05) is 36.7 Å². The van der Waals surface area contributed by atoms with Crippen molar-refractivity contribution in [1.29, 1.82) is 0 Å². The van der Waals surface area contributed by atoms with Crippen molar-refractivity contribution in [2.24, 2.45) is 0 Å². The number of carbonyl (C=O) groups is 3. The second-order valence-corrected chi connectivity index (χ2v) is 10.5. The first-order chi connectivity index (χ1) is 15.8. The molecule has 0 bridgehead atoms. The molecule has 0 spiro atoms. The molecular formula is C24H25N3O5S. The Morgan fingerprint density at radius 1 is 0.909 bits per heavy atom. The Morgan fingerprint density at radius 2 is 1.58 bits per heavy atom. The molecule has 1 saturated heterocycles. The van der Waals surface area contributed by atoms with Crippen molar-refractivity contribution in [3.63, 3.8) is 0 Å². The summed E-state index contributed by atoms with van der Waals surface area (Å²) in [5, 5.41) is 0. The summed E-state index contributed by atoms with van der Waals surface area (Å²) in [4.78, 5) is 40.0. The van der Waals surface area contributed by atoms with E-state index in [0.717, 1.165) is 36.1 Å². The van der Waals surface area contributed by atoms with Crippen LogP contribution < -0.4 is 14.5 Å². The molecule has 3 aliphatic rings. The zero-order chi connectivity index (χ0) is 23.2. The predicted octanol–water partition coefficient (Wildman–Crippen LogP) is 2.76. The number of imide groups is 1. The molecule has 3 amide bonds. The molecule has 2 heterocycles. The molecule has 9 heteroatoms. The second-order valence-electron chi connectivity index (χ2n) is 8.77. The number of rotatable bonds is 5.